The van der Waals surface area contributed by atoms with Crippen molar-refractivity contribution in [1.82, 2.24) is 5.01 Å². The summed E-state index contributed by atoms with van der Waals surface area (Å²) in [7, 11) is 3.11. The van der Waals surface area contributed by atoms with Crippen LogP contribution in [0.1, 0.15) is 52.7 Å². The Morgan fingerprint density at radius 2 is 1.53 bits per heavy atom. The quantitative estimate of drug-likeness (QED) is 0.261. The SMILES string of the molecule is CC.CC.CC.COc1ccccc1SCc1c(C)cccc1N(N)C(=O)N(C)N. The highest BCUT2D eigenvalue weighted by Crippen LogP contribution is 2.34. The average molecular weight is 437 g/mol. The van der Waals surface area contributed by atoms with Crippen molar-refractivity contribution in [3.63, 3.8) is 0 Å². The Labute approximate surface area is 187 Å². The molecule has 0 heterocycles. The smallest absolute Gasteiger partial charge is 0.352 e. The molecule has 0 radical (unpaired) electrons. The second-order valence-electron chi connectivity index (χ2n) is 5.28. The van der Waals surface area contributed by atoms with Gasteiger partial charge in [0, 0.05) is 17.7 Å². The minimum Gasteiger partial charge on any atom is -0.496 e. The summed E-state index contributed by atoms with van der Waals surface area (Å²) < 4.78 is 5.38. The Hall–Kier alpha value is -2.22. The van der Waals surface area contributed by atoms with E-state index >= 15 is 0 Å². The van der Waals surface area contributed by atoms with E-state index in [1.807, 2.05) is 90.9 Å². The van der Waals surface area contributed by atoms with E-state index in [1.54, 1.807) is 18.9 Å². The van der Waals surface area contributed by atoms with E-state index < -0.39 is 6.03 Å². The Morgan fingerprint density at radius 3 is 2.07 bits per heavy atom. The van der Waals surface area contributed by atoms with E-state index in [0.717, 1.165) is 31.8 Å². The molecule has 2 aromatic rings. The molecule has 2 aromatic carbocycles. The molecule has 30 heavy (non-hydrogen) atoms. The predicted molar refractivity (Wildman–Crippen MR) is 132 cm³/mol. The lowest BCUT2D eigenvalue weighted by Crippen LogP contribution is -2.49. The third kappa shape index (κ3) is 9.07. The standard InChI is InChI=1S/C17H22N4O2S.3C2H6/c1-12-7-6-8-14(21(19)17(22)20(2)18)13(12)11-24-16-10-5-4-9-15(16)23-3;3*1-2/h4-10H,11,18-19H2,1-3H3;3*1-2H3. The molecule has 2 amide bonds. The first-order valence-electron chi connectivity index (χ1n) is 10.4. The number of hydrogen-bond donors (Lipinski definition) is 2. The molecule has 6 nitrogen and oxygen atoms in total. The van der Waals surface area contributed by atoms with Gasteiger partial charge in [-0.1, -0.05) is 65.8 Å². The highest BCUT2D eigenvalue weighted by atomic mass is 32.2. The normalized spacial score (nSPS) is 8.90. The summed E-state index contributed by atoms with van der Waals surface area (Å²) in [6, 6.07) is 13.0. The lowest BCUT2D eigenvalue weighted by molar-refractivity contribution is 0.216. The summed E-state index contributed by atoms with van der Waals surface area (Å²) in [6.45, 7) is 14.0. The molecule has 0 saturated heterocycles. The van der Waals surface area contributed by atoms with Crippen LogP contribution in [0.4, 0.5) is 10.5 Å². The molecule has 0 aliphatic rings. The molecule has 2 rings (SSSR count). The fourth-order valence-corrected chi connectivity index (χ4v) is 3.41. The van der Waals surface area contributed by atoms with Gasteiger partial charge in [0.05, 0.1) is 12.8 Å². The number of para-hydroxylation sites is 1. The molecule has 7 heteroatoms. The first-order valence-corrected chi connectivity index (χ1v) is 11.4. The van der Waals surface area contributed by atoms with Gasteiger partial charge in [-0.05, 0) is 36.2 Å². The largest absolute Gasteiger partial charge is 0.496 e. The number of nitrogens with two attached hydrogens (primary N) is 2. The van der Waals surface area contributed by atoms with Crippen molar-refractivity contribution in [2.24, 2.45) is 11.7 Å². The third-order valence-corrected chi connectivity index (χ3v) is 4.68. The van der Waals surface area contributed by atoms with Gasteiger partial charge >= 0.3 is 6.03 Å². The van der Waals surface area contributed by atoms with E-state index in [4.69, 9.17) is 16.4 Å². The number of nitrogens with zero attached hydrogens (tertiary/aromatic N) is 2. The van der Waals surface area contributed by atoms with Crippen molar-refractivity contribution in [3.05, 3.63) is 53.6 Å². The lowest BCUT2D eigenvalue weighted by atomic mass is 10.1. The molecule has 0 unspecified atom stereocenters. The van der Waals surface area contributed by atoms with E-state index in [2.05, 4.69) is 0 Å². The molecule has 0 fully saturated rings. The van der Waals surface area contributed by atoms with Gasteiger partial charge < -0.3 is 4.74 Å². The molecule has 0 atom stereocenters. The highest BCUT2D eigenvalue weighted by Gasteiger charge is 2.19. The minimum absolute atomic E-state index is 0.482. The number of hydrazine groups is 2. The Balaban J connectivity index is 0. The molecule has 0 spiro atoms. The number of aryl methyl sites for hydroxylation is 1. The van der Waals surface area contributed by atoms with Crippen LogP contribution in [-0.2, 0) is 5.75 Å². The number of benzene rings is 2. The number of ether oxygens (including phenoxy) is 1. The second kappa shape index (κ2) is 17.6. The summed E-state index contributed by atoms with van der Waals surface area (Å²) in [4.78, 5) is 13.1. The van der Waals surface area contributed by atoms with E-state index in [9.17, 15) is 4.79 Å². The minimum atomic E-state index is -0.482. The Bertz CT molecular complexity index is 724. The van der Waals surface area contributed by atoms with Crippen LogP contribution in [0, 0.1) is 6.92 Å². The topological polar surface area (TPSA) is 84.8 Å². The van der Waals surface area contributed by atoms with Crippen LogP contribution in [0.2, 0.25) is 0 Å². The van der Waals surface area contributed by atoms with Gasteiger partial charge in [-0.25, -0.2) is 21.5 Å². The van der Waals surface area contributed by atoms with Crippen molar-refractivity contribution >= 4 is 23.5 Å². The van der Waals surface area contributed by atoms with Gasteiger partial charge in [0.2, 0.25) is 0 Å². The van der Waals surface area contributed by atoms with Crippen LogP contribution in [-0.4, -0.2) is 25.2 Å². The zero-order chi connectivity index (χ0) is 23.7. The maximum Gasteiger partial charge on any atom is 0.352 e. The monoisotopic (exact) mass is 436 g/mol. The summed E-state index contributed by atoms with van der Waals surface area (Å²) in [6.07, 6.45) is 0. The molecule has 170 valence electrons. The molecule has 0 aliphatic heterocycles. The van der Waals surface area contributed by atoms with E-state index in [1.165, 1.54) is 7.05 Å². The molecule has 0 saturated carbocycles. The average Bonchev–Trinajstić information content (AvgIpc) is 2.81. The van der Waals surface area contributed by atoms with Crippen LogP contribution in [0.15, 0.2) is 47.4 Å². The van der Waals surface area contributed by atoms with Gasteiger partial charge in [-0.2, -0.15) is 0 Å². The number of rotatable bonds is 5. The molecule has 0 bridgehead atoms. The maximum atomic E-state index is 12.1. The van der Waals surface area contributed by atoms with Gasteiger partial charge in [0.25, 0.3) is 0 Å². The molecule has 0 aliphatic carbocycles. The number of carbonyl (C=O) groups is 1. The molecule has 4 N–H and O–H groups in total. The summed E-state index contributed by atoms with van der Waals surface area (Å²) in [5.41, 5.74) is 2.67. The van der Waals surface area contributed by atoms with E-state index in [-0.39, 0.29) is 0 Å². The van der Waals surface area contributed by atoms with Crippen molar-refractivity contribution < 1.29 is 9.53 Å². The highest BCUT2D eigenvalue weighted by molar-refractivity contribution is 7.98. The van der Waals surface area contributed by atoms with Crippen LogP contribution >= 0.6 is 11.8 Å². The van der Waals surface area contributed by atoms with Crippen LogP contribution in [0.3, 0.4) is 0 Å². The predicted octanol–water partition coefficient (Wildman–Crippen LogP) is 5.98. The van der Waals surface area contributed by atoms with Crippen LogP contribution in [0.25, 0.3) is 0 Å². The van der Waals surface area contributed by atoms with Crippen molar-refractivity contribution in [1.29, 1.82) is 0 Å². The first-order chi connectivity index (χ1) is 14.5. The van der Waals surface area contributed by atoms with Crippen molar-refractivity contribution in [2.45, 2.75) is 59.1 Å². The zero-order valence-corrected chi connectivity index (χ0v) is 20.8. The van der Waals surface area contributed by atoms with Gasteiger partial charge in [-0.15, -0.1) is 11.8 Å². The number of urea groups is 1. The number of anilines is 1. The van der Waals surface area contributed by atoms with E-state index in [0.29, 0.717) is 11.4 Å². The number of hydrogen-bond acceptors (Lipinski definition) is 5. The lowest BCUT2D eigenvalue weighted by Gasteiger charge is -2.24. The molecular formula is C23H40N4O2S. The second-order valence-corrected chi connectivity index (χ2v) is 6.29. The van der Waals surface area contributed by atoms with Crippen LogP contribution in [0.5, 0.6) is 5.75 Å². The number of amides is 2. The third-order valence-electron chi connectivity index (χ3n) is 3.59. The number of thioether (sulfide) groups is 1. The van der Waals surface area contributed by atoms with Crippen LogP contribution < -0.4 is 21.4 Å². The molecular weight excluding hydrogens is 396 g/mol. The summed E-state index contributed by atoms with van der Waals surface area (Å²) >= 11 is 1.63. The molecule has 0 aromatic heterocycles. The van der Waals surface area contributed by atoms with Crippen molar-refractivity contribution in [3.8, 4) is 5.75 Å². The fourth-order valence-electron chi connectivity index (χ4n) is 2.26. The van der Waals surface area contributed by atoms with Crippen molar-refractivity contribution in [2.75, 3.05) is 19.2 Å². The zero-order valence-electron chi connectivity index (χ0n) is 20.0. The summed E-state index contributed by atoms with van der Waals surface area (Å²) in [5.74, 6) is 12.9. The Kier molecular flexibility index (Phi) is 17.6. The number of methoxy groups -OCH3 is 1. The van der Waals surface area contributed by atoms with Gasteiger partial charge in [0.15, 0.2) is 0 Å². The number of carbonyl (C=O) groups excluding carboxylic acids is 1. The first kappa shape index (κ1) is 30.0. The van der Waals surface area contributed by atoms with Gasteiger partial charge in [0.1, 0.15) is 5.75 Å². The maximum absolute atomic E-state index is 12.1. The Morgan fingerprint density at radius 1 is 0.967 bits per heavy atom. The fraction of sp³-hybridized carbons (Fsp3) is 0.435. The summed E-state index contributed by atoms with van der Waals surface area (Å²) in [5, 5.41) is 2.03. The van der Waals surface area contributed by atoms with Gasteiger partial charge in [-0.3, -0.25) is 5.01 Å².